The Hall–Kier alpha value is -1.95. The van der Waals surface area contributed by atoms with Crippen molar-refractivity contribution in [2.24, 2.45) is 0 Å². The Labute approximate surface area is 97.0 Å². The fourth-order valence-corrected chi connectivity index (χ4v) is 1.93. The highest BCUT2D eigenvalue weighted by molar-refractivity contribution is 5.96. The van der Waals surface area contributed by atoms with Crippen LogP contribution in [0.1, 0.15) is 22.8 Å². The lowest BCUT2D eigenvalue weighted by atomic mass is 9.95. The first-order chi connectivity index (χ1) is 7.85. The molecule has 0 bridgehead atoms. The second kappa shape index (κ2) is 3.53. The molecule has 0 fully saturated rings. The molecule has 0 spiro atoms. The van der Waals surface area contributed by atoms with Gasteiger partial charge in [-0.1, -0.05) is 0 Å². The lowest BCUT2D eigenvalue weighted by molar-refractivity contribution is -0.155. The largest absolute Gasteiger partial charge is 0.507 e. The number of hydrogen-bond acceptors (Lipinski definition) is 6. The molecular weight excluding hydrogens is 228 g/mol. The maximum Gasteiger partial charge on any atom is 0.344 e. The van der Waals surface area contributed by atoms with Gasteiger partial charge in [0.1, 0.15) is 11.3 Å². The molecule has 0 amide bonds. The Morgan fingerprint density at radius 3 is 2.65 bits per heavy atom. The minimum atomic E-state index is -1.68. The first kappa shape index (κ1) is 11.5. The summed E-state index contributed by atoms with van der Waals surface area (Å²) in [5.74, 6) is -3.19. The number of aliphatic hydroxyl groups is 1. The molecular formula is C11H12O6. The number of ether oxygens (including phenoxy) is 2. The molecule has 6 nitrogen and oxygen atoms in total. The van der Waals surface area contributed by atoms with E-state index in [1.165, 1.54) is 14.0 Å². The molecule has 6 heteroatoms. The van der Waals surface area contributed by atoms with Gasteiger partial charge in [0, 0.05) is 25.0 Å². The normalized spacial score (nSPS) is 22.9. The average molecular weight is 240 g/mol. The van der Waals surface area contributed by atoms with Crippen LogP contribution < -0.4 is 4.74 Å². The molecule has 1 atom stereocenters. The summed E-state index contributed by atoms with van der Waals surface area (Å²) < 4.78 is 9.70. The zero-order valence-electron chi connectivity index (χ0n) is 9.35. The van der Waals surface area contributed by atoms with E-state index >= 15 is 0 Å². The maximum absolute atomic E-state index is 11.6. The minimum absolute atomic E-state index is 0.0507. The van der Waals surface area contributed by atoms with Crippen molar-refractivity contribution in [2.75, 3.05) is 7.11 Å². The zero-order valence-corrected chi connectivity index (χ0v) is 9.35. The third-order valence-corrected chi connectivity index (χ3v) is 2.56. The highest BCUT2D eigenvalue weighted by Crippen LogP contribution is 2.43. The fourth-order valence-electron chi connectivity index (χ4n) is 1.93. The molecule has 0 saturated heterocycles. The first-order valence-corrected chi connectivity index (χ1v) is 4.93. The number of carbonyl (C=O) groups excluding carboxylic acids is 1. The molecule has 1 heterocycles. The molecule has 0 aromatic heterocycles. The van der Waals surface area contributed by atoms with E-state index in [0.717, 1.165) is 6.07 Å². The van der Waals surface area contributed by atoms with Gasteiger partial charge < -0.3 is 24.8 Å². The van der Waals surface area contributed by atoms with Crippen molar-refractivity contribution < 1.29 is 29.6 Å². The van der Waals surface area contributed by atoms with Gasteiger partial charge in [0.05, 0.1) is 7.11 Å². The van der Waals surface area contributed by atoms with Crippen molar-refractivity contribution >= 4 is 5.97 Å². The molecule has 0 saturated carbocycles. The molecule has 2 rings (SSSR count). The minimum Gasteiger partial charge on any atom is -0.507 e. The van der Waals surface area contributed by atoms with Crippen molar-refractivity contribution in [3.05, 3.63) is 17.2 Å². The van der Waals surface area contributed by atoms with Crippen LogP contribution >= 0.6 is 0 Å². The monoisotopic (exact) mass is 240 g/mol. The highest BCUT2D eigenvalue weighted by atomic mass is 16.7. The number of cyclic esters (lactones) is 1. The summed E-state index contributed by atoms with van der Waals surface area (Å²) >= 11 is 0. The smallest absolute Gasteiger partial charge is 0.344 e. The third kappa shape index (κ3) is 1.76. The van der Waals surface area contributed by atoms with Crippen LogP contribution in [0, 0.1) is 0 Å². The molecule has 3 N–H and O–H groups in total. The standard InChI is InChI=1S/C11H12O6/c1-11(15)4-5-8(10(14)17-11)6(12)3-7(13)9(5)16-2/h3,12-13,15H,4H2,1-2H3/t11-/m1/s1. The van der Waals surface area contributed by atoms with Crippen molar-refractivity contribution in [2.45, 2.75) is 19.1 Å². The van der Waals surface area contributed by atoms with Gasteiger partial charge in [-0.15, -0.1) is 0 Å². The van der Waals surface area contributed by atoms with Crippen molar-refractivity contribution in [3.63, 3.8) is 0 Å². The number of rotatable bonds is 1. The number of aromatic hydroxyl groups is 2. The van der Waals surface area contributed by atoms with Crippen LogP contribution in [0.15, 0.2) is 6.07 Å². The van der Waals surface area contributed by atoms with Crippen molar-refractivity contribution in [1.82, 2.24) is 0 Å². The predicted octanol–water partition coefficient (Wildman–Crippen LogP) is 0.528. The average Bonchev–Trinajstić information content (AvgIpc) is 2.14. The summed E-state index contributed by atoms with van der Waals surface area (Å²) in [5.41, 5.74) is 0.137. The van der Waals surface area contributed by atoms with E-state index < -0.39 is 17.5 Å². The fraction of sp³-hybridized carbons (Fsp3) is 0.364. The number of phenols is 2. The number of methoxy groups -OCH3 is 1. The highest BCUT2D eigenvalue weighted by Gasteiger charge is 2.39. The van der Waals surface area contributed by atoms with Crippen LogP contribution in [0.3, 0.4) is 0 Å². The molecule has 1 aromatic rings. The Morgan fingerprint density at radius 2 is 2.06 bits per heavy atom. The molecule has 0 radical (unpaired) electrons. The topological polar surface area (TPSA) is 96.2 Å². The number of esters is 1. The van der Waals surface area contributed by atoms with Crippen LogP contribution in [0.5, 0.6) is 17.2 Å². The van der Waals surface area contributed by atoms with Gasteiger partial charge in [-0.2, -0.15) is 0 Å². The molecule has 1 aromatic carbocycles. The van der Waals surface area contributed by atoms with E-state index in [1.807, 2.05) is 0 Å². The molecule has 0 aliphatic carbocycles. The Morgan fingerprint density at radius 1 is 1.41 bits per heavy atom. The molecule has 0 unspecified atom stereocenters. The van der Waals surface area contributed by atoms with Crippen LogP contribution in [-0.4, -0.2) is 34.2 Å². The van der Waals surface area contributed by atoms with Gasteiger partial charge in [-0.25, -0.2) is 4.79 Å². The summed E-state index contributed by atoms with van der Waals surface area (Å²) in [6.45, 7) is 1.31. The number of fused-ring (bicyclic) bond motifs is 1. The van der Waals surface area contributed by atoms with Crippen molar-refractivity contribution in [3.8, 4) is 17.2 Å². The molecule has 1 aliphatic heterocycles. The van der Waals surface area contributed by atoms with Gasteiger partial charge in [0.25, 0.3) is 0 Å². The number of benzene rings is 1. The lowest BCUT2D eigenvalue weighted by Crippen LogP contribution is -2.38. The second-order valence-electron chi connectivity index (χ2n) is 4.04. The third-order valence-electron chi connectivity index (χ3n) is 2.56. The van der Waals surface area contributed by atoms with Crippen LogP contribution in [-0.2, 0) is 11.2 Å². The SMILES string of the molecule is COc1c(O)cc(O)c2c1C[C@](C)(O)OC2=O. The van der Waals surface area contributed by atoms with Gasteiger partial charge in [0.15, 0.2) is 11.5 Å². The van der Waals surface area contributed by atoms with Crippen LogP contribution in [0.2, 0.25) is 0 Å². The maximum atomic E-state index is 11.6. The summed E-state index contributed by atoms with van der Waals surface area (Å²) in [4.78, 5) is 11.6. The van der Waals surface area contributed by atoms with E-state index in [-0.39, 0.29) is 29.0 Å². The van der Waals surface area contributed by atoms with Gasteiger partial charge in [0.2, 0.25) is 5.79 Å². The van der Waals surface area contributed by atoms with E-state index in [9.17, 15) is 20.1 Å². The lowest BCUT2D eigenvalue weighted by Gasteiger charge is -2.30. The number of phenolic OH excluding ortho intramolecular Hbond substituents is 2. The van der Waals surface area contributed by atoms with Gasteiger partial charge in [-0.05, 0) is 0 Å². The first-order valence-electron chi connectivity index (χ1n) is 4.93. The number of hydrogen-bond donors (Lipinski definition) is 3. The van der Waals surface area contributed by atoms with E-state index in [0.29, 0.717) is 0 Å². The van der Waals surface area contributed by atoms with Gasteiger partial charge >= 0.3 is 5.97 Å². The number of carbonyl (C=O) groups is 1. The summed E-state index contributed by atoms with van der Waals surface area (Å²) in [6.07, 6.45) is -0.0702. The van der Waals surface area contributed by atoms with Gasteiger partial charge in [-0.3, -0.25) is 0 Å². The molecule has 1 aliphatic rings. The Balaban J connectivity index is 2.71. The second-order valence-corrected chi connectivity index (χ2v) is 4.04. The quantitative estimate of drug-likeness (QED) is 0.619. The van der Waals surface area contributed by atoms with Crippen LogP contribution in [0.25, 0.3) is 0 Å². The van der Waals surface area contributed by atoms with E-state index in [4.69, 9.17) is 9.47 Å². The summed E-state index contributed by atoms with van der Waals surface area (Å²) in [5, 5.41) is 28.9. The Kier molecular flexibility index (Phi) is 2.39. The van der Waals surface area contributed by atoms with E-state index in [1.54, 1.807) is 0 Å². The van der Waals surface area contributed by atoms with E-state index in [2.05, 4.69) is 0 Å². The summed E-state index contributed by atoms with van der Waals surface area (Å²) in [7, 11) is 1.32. The zero-order chi connectivity index (χ0) is 12.8. The summed E-state index contributed by atoms with van der Waals surface area (Å²) in [6, 6.07) is 0.999. The van der Waals surface area contributed by atoms with Crippen molar-refractivity contribution in [1.29, 1.82) is 0 Å². The predicted molar refractivity (Wildman–Crippen MR) is 56.1 cm³/mol. The molecule has 92 valence electrons. The Bertz CT molecular complexity index is 491. The molecule has 17 heavy (non-hydrogen) atoms. The van der Waals surface area contributed by atoms with Crippen LogP contribution in [0.4, 0.5) is 0 Å².